The minimum Gasteiger partial charge on any atom is -0.465 e. The Labute approximate surface area is 118 Å². The molecule has 0 spiro atoms. The maximum Gasteiger partial charge on any atom is 0.337 e. The largest absolute Gasteiger partial charge is 0.465 e. The maximum atomic E-state index is 11.3. The van der Waals surface area contributed by atoms with Crippen molar-refractivity contribution in [2.45, 2.75) is 13.3 Å². The standard InChI is InChI=1S/C17H16O3/c1-12(18)15-7-3-13(4-8-15)11-14-5-9-16(10-6-14)17(19)20-2/h3-10H,11H2,1-2H3. The quantitative estimate of drug-likeness (QED) is 0.631. The monoisotopic (exact) mass is 268 g/mol. The highest BCUT2D eigenvalue weighted by atomic mass is 16.5. The van der Waals surface area contributed by atoms with Gasteiger partial charge in [-0.05, 0) is 36.6 Å². The molecule has 0 heterocycles. The van der Waals surface area contributed by atoms with Gasteiger partial charge < -0.3 is 4.74 Å². The highest BCUT2D eigenvalue weighted by molar-refractivity contribution is 5.94. The average molecular weight is 268 g/mol. The molecule has 0 aliphatic carbocycles. The van der Waals surface area contributed by atoms with Crippen molar-refractivity contribution in [3.8, 4) is 0 Å². The number of methoxy groups -OCH3 is 1. The third-order valence-electron chi connectivity index (χ3n) is 3.14. The molecule has 3 nitrogen and oxygen atoms in total. The first-order valence-electron chi connectivity index (χ1n) is 6.37. The van der Waals surface area contributed by atoms with Crippen LogP contribution in [0.4, 0.5) is 0 Å². The van der Waals surface area contributed by atoms with Crippen LogP contribution < -0.4 is 0 Å². The van der Waals surface area contributed by atoms with Crippen molar-refractivity contribution in [3.63, 3.8) is 0 Å². The number of ketones is 1. The molecule has 2 aromatic carbocycles. The Balaban J connectivity index is 2.10. The van der Waals surface area contributed by atoms with Crippen LogP contribution in [0.25, 0.3) is 0 Å². The van der Waals surface area contributed by atoms with E-state index in [1.54, 1.807) is 19.1 Å². The normalized spacial score (nSPS) is 10.1. The van der Waals surface area contributed by atoms with Crippen molar-refractivity contribution in [2.75, 3.05) is 7.11 Å². The van der Waals surface area contributed by atoms with Crippen LogP contribution in [0.2, 0.25) is 0 Å². The van der Waals surface area contributed by atoms with Crippen LogP contribution in [0.1, 0.15) is 38.8 Å². The van der Waals surface area contributed by atoms with E-state index in [1.165, 1.54) is 7.11 Å². The zero-order chi connectivity index (χ0) is 14.5. The number of esters is 1. The molecule has 0 atom stereocenters. The topological polar surface area (TPSA) is 43.4 Å². The van der Waals surface area contributed by atoms with E-state index in [0.717, 1.165) is 23.1 Å². The first-order valence-corrected chi connectivity index (χ1v) is 6.37. The van der Waals surface area contributed by atoms with Gasteiger partial charge in [-0.2, -0.15) is 0 Å². The Morgan fingerprint density at radius 2 is 1.30 bits per heavy atom. The van der Waals surface area contributed by atoms with Crippen LogP contribution >= 0.6 is 0 Å². The Hall–Kier alpha value is -2.42. The fraction of sp³-hybridized carbons (Fsp3) is 0.176. The Morgan fingerprint density at radius 1 is 0.850 bits per heavy atom. The summed E-state index contributed by atoms with van der Waals surface area (Å²) in [6, 6.07) is 14.9. The molecular formula is C17H16O3. The zero-order valence-electron chi connectivity index (χ0n) is 11.6. The first-order chi connectivity index (χ1) is 9.60. The fourth-order valence-corrected chi connectivity index (χ4v) is 1.97. The number of benzene rings is 2. The van der Waals surface area contributed by atoms with E-state index in [1.807, 2.05) is 36.4 Å². The summed E-state index contributed by atoms with van der Waals surface area (Å²) < 4.78 is 4.66. The van der Waals surface area contributed by atoms with E-state index in [2.05, 4.69) is 4.74 Å². The molecule has 0 fully saturated rings. The van der Waals surface area contributed by atoms with Gasteiger partial charge in [-0.15, -0.1) is 0 Å². The molecule has 0 saturated carbocycles. The number of hydrogen-bond acceptors (Lipinski definition) is 3. The van der Waals surface area contributed by atoms with Crippen molar-refractivity contribution < 1.29 is 14.3 Å². The zero-order valence-corrected chi connectivity index (χ0v) is 11.6. The maximum absolute atomic E-state index is 11.3. The number of Topliss-reactive ketones (excluding diaryl/α,β-unsaturated/α-hetero) is 1. The molecule has 0 unspecified atom stereocenters. The Kier molecular flexibility index (Phi) is 4.31. The van der Waals surface area contributed by atoms with E-state index >= 15 is 0 Å². The summed E-state index contributed by atoms with van der Waals surface area (Å²) in [4.78, 5) is 22.5. The van der Waals surface area contributed by atoms with E-state index < -0.39 is 0 Å². The number of carbonyl (C=O) groups excluding carboxylic acids is 2. The molecule has 0 amide bonds. The smallest absolute Gasteiger partial charge is 0.337 e. The molecule has 3 heteroatoms. The van der Waals surface area contributed by atoms with Crippen molar-refractivity contribution in [2.24, 2.45) is 0 Å². The molecule has 102 valence electrons. The van der Waals surface area contributed by atoms with Crippen molar-refractivity contribution in [3.05, 3.63) is 70.8 Å². The highest BCUT2D eigenvalue weighted by Crippen LogP contribution is 2.13. The predicted octanol–water partition coefficient (Wildman–Crippen LogP) is 3.27. The van der Waals surface area contributed by atoms with Crippen LogP contribution in [0.15, 0.2) is 48.5 Å². The van der Waals surface area contributed by atoms with Crippen LogP contribution in [0.3, 0.4) is 0 Å². The van der Waals surface area contributed by atoms with E-state index in [4.69, 9.17) is 0 Å². The lowest BCUT2D eigenvalue weighted by Crippen LogP contribution is -2.01. The molecule has 2 aromatic rings. The molecule has 20 heavy (non-hydrogen) atoms. The minimum absolute atomic E-state index is 0.0685. The summed E-state index contributed by atoms with van der Waals surface area (Å²) in [6.45, 7) is 1.56. The lowest BCUT2D eigenvalue weighted by Gasteiger charge is -2.04. The molecule has 0 aromatic heterocycles. The molecule has 0 radical (unpaired) electrons. The molecule has 0 saturated heterocycles. The Morgan fingerprint density at radius 3 is 1.70 bits per heavy atom. The molecule has 0 aliphatic rings. The summed E-state index contributed by atoms with van der Waals surface area (Å²) in [7, 11) is 1.37. The molecular weight excluding hydrogens is 252 g/mol. The first kappa shape index (κ1) is 14.0. The molecule has 2 rings (SSSR count). The number of ether oxygens (including phenoxy) is 1. The van der Waals surface area contributed by atoms with Gasteiger partial charge in [0, 0.05) is 5.56 Å². The van der Waals surface area contributed by atoms with Gasteiger partial charge in [-0.3, -0.25) is 4.79 Å². The molecule has 0 aliphatic heterocycles. The summed E-state index contributed by atoms with van der Waals surface area (Å²) in [5, 5.41) is 0. The van der Waals surface area contributed by atoms with E-state index in [-0.39, 0.29) is 11.8 Å². The van der Waals surface area contributed by atoms with Gasteiger partial charge in [-0.25, -0.2) is 4.79 Å². The third kappa shape index (κ3) is 3.32. The van der Waals surface area contributed by atoms with Crippen molar-refractivity contribution in [1.29, 1.82) is 0 Å². The van der Waals surface area contributed by atoms with Gasteiger partial charge in [0.1, 0.15) is 0 Å². The highest BCUT2D eigenvalue weighted by Gasteiger charge is 2.05. The second-order valence-corrected chi connectivity index (χ2v) is 4.62. The van der Waals surface area contributed by atoms with E-state index in [9.17, 15) is 9.59 Å². The van der Waals surface area contributed by atoms with Crippen LogP contribution in [-0.2, 0) is 11.2 Å². The van der Waals surface area contributed by atoms with E-state index in [0.29, 0.717) is 5.56 Å². The van der Waals surface area contributed by atoms with Gasteiger partial charge in [0.2, 0.25) is 0 Å². The molecule has 0 bridgehead atoms. The van der Waals surface area contributed by atoms with Gasteiger partial charge in [0.05, 0.1) is 12.7 Å². The summed E-state index contributed by atoms with van der Waals surface area (Å²) in [5.41, 5.74) is 3.49. The number of hydrogen-bond donors (Lipinski definition) is 0. The number of carbonyl (C=O) groups is 2. The lowest BCUT2D eigenvalue weighted by atomic mass is 10.0. The number of rotatable bonds is 4. The third-order valence-corrected chi connectivity index (χ3v) is 3.14. The van der Waals surface area contributed by atoms with Crippen LogP contribution in [0.5, 0.6) is 0 Å². The van der Waals surface area contributed by atoms with Gasteiger partial charge >= 0.3 is 5.97 Å². The summed E-state index contributed by atoms with van der Waals surface area (Å²) in [5.74, 6) is -0.263. The lowest BCUT2D eigenvalue weighted by molar-refractivity contribution is 0.0600. The van der Waals surface area contributed by atoms with Gasteiger partial charge in [-0.1, -0.05) is 36.4 Å². The Bertz CT molecular complexity index is 610. The predicted molar refractivity (Wildman–Crippen MR) is 77.0 cm³/mol. The molecule has 0 N–H and O–H groups in total. The van der Waals surface area contributed by atoms with Crippen molar-refractivity contribution in [1.82, 2.24) is 0 Å². The minimum atomic E-state index is -0.331. The summed E-state index contributed by atoms with van der Waals surface area (Å²) in [6.07, 6.45) is 0.764. The van der Waals surface area contributed by atoms with Gasteiger partial charge in [0.15, 0.2) is 5.78 Å². The summed E-state index contributed by atoms with van der Waals surface area (Å²) >= 11 is 0. The second kappa shape index (κ2) is 6.15. The van der Waals surface area contributed by atoms with Gasteiger partial charge in [0.25, 0.3) is 0 Å². The fourth-order valence-electron chi connectivity index (χ4n) is 1.97. The second-order valence-electron chi connectivity index (χ2n) is 4.62. The van der Waals surface area contributed by atoms with Crippen LogP contribution in [-0.4, -0.2) is 18.9 Å². The van der Waals surface area contributed by atoms with Crippen LogP contribution in [0, 0.1) is 0 Å². The van der Waals surface area contributed by atoms with Crippen molar-refractivity contribution >= 4 is 11.8 Å². The SMILES string of the molecule is COC(=O)c1ccc(Cc2ccc(C(C)=O)cc2)cc1. The average Bonchev–Trinajstić information content (AvgIpc) is 2.48.